The van der Waals surface area contributed by atoms with E-state index >= 15 is 0 Å². The lowest BCUT2D eigenvalue weighted by Gasteiger charge is -2.18. The highest BCUT2D eigenvalue weighted by atomic mass is 16.6. The molecule has 6 nitrogen and oxygen atoms in total. The molecule has 0 N–H and O–H groups in total. The molecule has 0 bridgehead atoms. The van der Waals surface area contributed by atoms with Crippen LogP contribution in [0.1, 0.15) is 310 Å². The fraction of sp³-hybridized carbons (Fsp3) is 0.879. The lowest BCUT2D eigenvalue weighted by Crippen LogP contribution is -2.30. The van der Waals surface area contributed by atoms with Crippen LogP contribution in [-0.4, -0.2) is 37.2 Å². The maximum Gasteiger partial charge on any atom is 0.306 e. The van der Waals surface area contributed by atoms with Crippen LogP contribution in [0, 0.1) is 0 Å². The normalized spacial score (nSPS) is 12.1. The van der Waals surface area contributed by atoms with Gasteiger partial charge in [-0.15, -0.1) is 0 Å². The van der Waals surface area contributed by atoms with Crippen LogP contribution in [0.4, 0.5) is 0 Å². The van der Waals surface area contributed by atoms with Crippen molar-refractivity contribution in [3.05, 3.63) is 24.3 Å². The van der Waals surface area contributed by atoms with Gasteiger partial charge in [-0.25, -0.2) is 0 Å². The third-order valence-corrected chi connectivity index (χ3v) is 12.7. The highest BCUT2D eigenvalue weighted by Crippen LogP contribution is 2.16. The summed E-state index contributed by atoms with van der Waals surface area (Å²) in [7, 11) is 0. The number of carbonyl (C=O) groups excluding carboxylic acids is 3. The summed E-state index contributed by atoms with van der Waals surface area (Å²) in [5.41, 5.74) is 0. The monoisotopic (exact) mass is 901 g/mol. The molecule has 6 heteroatoms. The molecule has 0 aromatic carbocycles. The molecule has 0 aliphatic rings. The molecule has 0 aromatic heterocycles. The summed E-state index contributed by atoms with van der Waals surface area (Å²) in [6.45, 7) is 6.65. The molecule has 376 valence electrons. The Kier molecular flexibility index (Phi) is 51.7. The van der Waals surface area contributed by atoms with Crippen LogP contribution < -0.4 is 0 Å². The van der Waals surface area contributed by atoms with Gasteiger partial charge in [0.25, 0.3) is 0 Å². The van der Waals surface area contributed by atoms with Crippen molar-refractivity contribution in [2.75, 3.05) is 13.2 Å². The average Bonchev–Trinajstić information content (AvgIpc) is 3.29. The molecule has 0 saturated carbocycles. The summed E-state index contributed by atoms with van der Waals surface area (Å²) in [5.74, 6) is -0.882. The fourth-order valence-electron chi connectivity index (χ4n) is 8.37. The molecule has 1 atom stereocenters. The van der Waals surface area contributed by atoms with E-state index in [0.717, 1.165) is 77.0 Å². The van der Waals surface area contributed by atoms with Crippen LogP contribution in [0.15, 0.2) is 24.3 Å². The van der Waals surface area contributed by atoms with Gasteiger partial charge in [0.15, 0.2) is 6.10 Å². The van der Waals surface area contributed by atoms with E-state index in [9.17, 15) is 14.4 Å². The Bertz CT molecular complexity index is 1040. The minimum absolute atomic E-state index is 0.0750. The summed E-state index contributed by atoms with van der Waals surface area (Å²) in [6, 6.07) is 0. The Morgan fingerprint density at radius 1 is 0.297 bits per heavy atom. The standard InChI is InChI=1S/C58H108O6/c1-4-7-10-13-16-19-22-25-27-29-31-33-36-39-42-45-48-51-57(60)63-54-55(53-62-56(59)50-47-44-41-38-35-32-24-21-18-15-12-9-6-3)64-58(61)52-49-46-43-40-37-34-30-28-26-23-20-17-14-11-8-5-2/h28,30,32,35,55H,4-27,29,31,33-34,36-54H2,1-3H3/b30-28-,35-32-. The molecule has 0 amide bonds. The SMILES string of the molecule is CCCCCCCC/C=C\CCCCCC(=O)OCC(COC(=O)CCCCCCCCCCCCCCCCCCC)OC(=O)CCCCCCC/C=C\CCCCCCCCC. The Morgan fingerprint density at radius 3 is 0.797 bits per heavy atom. The first kappa shape index (κ1) is 61.9. The summed E-state index contributed by atoms with van der Waals surface area (Å²) in [5, 5.41) is 0. The first-order chi connectivity index (χ1) is 31.5. The van der Waals surface area contributed by atoms with Gasteiger partial charge in [0.2, 0.25) is 0 Å². The zero-order valence-corrected chi connectivity index (χ0v) is 43.1. The molecule has 1 unspecified atom stereocenters. The molecular formula is C58H108O6. The second kappa shape index (κ2) is 53.5. The van der Waals surface area contributed by atoms with Crippen molar-refractivity contribution < 1.29 is 28.6 Å². The Balaban J connectivity index is 4.35. The number of esters is 3. The molecular weight excluding hydrogens is 793 g/mol. The molecule has 0 heterocycles. The zero-order valence-electron chi connectivity index (χ0n) is 43.1. The second-order valence-electron chi connectivity index (χ2n) is 19.2. The van der Waals surface area contributed by atoms with E-state index in [1.54, 1.807) is 0 Å². The van der Waals surface area contributed by atoms with E-state index < -0.39 is 6.10 Å². The van der Waals surface area contributed by atoms with Crippen molar-refractivity contribution in [1.29, 1.82) is 0 Å². The number of hydrogen-bond donors (Lipinski definition) is 0. The first-order valence-corrected chi connectivity index (χ1v) is 28.3. The van der Waals surface area contributed by atoms with Crippen LogP contribution in [0.25, 0.3) is 0 Å². The topological polar surface area (TPSA) is 78.9 Å². The van der Waals surface area contributed by atoms with Gasteiger partial charge in [0, 0.05) is 19.3 Å². The predicted octanol–water partition coefficient (Wildman–Crippen LogP) is 18.7. The minimum atomic E-state index is -0.777. The quantitative estimate of drug-likeness (QED) is 0.0262. The lowest BCUT2D eigenvalue weighted by molar-refractivity contribution is -0.167. The summed E-state index contributed by atoms with van der Waals surface area (Å²) >= 11 is 0. The van der Waals surface area contributed by atoms with E-state index in [1.165, 1.54) is 193 Å². The van der Waals surface area contributed by atoms with Crippen molar-refractivity contribution in [3.63, 3.8) is 0 Å². The Morgan fingerprint density at radius 2 is 0.516 bits per heavy atom. The van der Waals surface area contributed by atoms with Crippen molar-refractivity contribution in [2.24, 2.45) is 0 Å². The molecule has 0 spiro atoms. The van der Waals surface area contributed by atoms with E-state index in [2.05, 4.69) is 45.1 Å². The number of ether oxygens (including phenoxy) is 3. The van der Waals surface area contributed by atoms with E-state index in [4.69, 9.17) is 14.2 Å². The molecule has 0 aliphatic heterocycles. The van der Waals surface area contributed by atoms with Gasteiger partial charge in [-0.1, -0.05) is 244 Å². The number of unbranched alkanes of at least 4 members (excludes halogenated alkanes) is 37. The third kappa shape index (κ3) is 50.9. The van der Waals surface area contributed by atoms with Gasteiger partial charge in [-0.2, -0.15) is 0 Å². The predicted molar refractivity (Wildman–Crippen MR) is 275 cm³/mol. The summed E-state index contributed by atoms with van der Waals surface area (Å²) in [4.78, 5) is 38.1. The molecule has 64 heavy (non-hydrogen) atoms. The van der Waals surface area contributed by atoms with Gasteiger partial charge in [0.1, 0.15) is 13.2 Å². The van der Waals surface area contributed by atoms with Gasteiger partial charge >= 0.3 is 17.9 Å². The maximum absolute atomic E-state index is 12.8. The Labute approximate surface area is 398 Å². The largest absolute Gasteiger partial charge is 0.462 e. The Hall–Kier alpha value is -2.11. The van der Waals surface area contributed by atoms with Crippen molar-refractivity contribution in [2.45, 2.75) is 316 Å². The number of rotatable bonds is 52. The summed E-state index contributed by atoms with van der Waals surface area (Å²) < 4.78 is 16.8. The molecule has 0 aromatic rings. The van der Waals surface area contributed by atoms with E-state index in [-0.39, 0.29) is 31.1 Å². The molecule has 0 saturated heterocycles. The van der Waals surface area contributed by atoms with Gasteiger partial charge < -0.3 is 14.2 Å². The fourth-order valence-corrected chi connectivity index (χ4v) is 8.37. The van der Waals surface area contributed by atoms with Crippen LogP contribution in [0.3, 0.4) is 0 Å². The van der Waals surface area contributed by atoms with Crippen molar-refractivity contribution in [3.8, 4) is 0 Å². The molecule has 0 rings (SSSR count). The average molecular weight is 901 g/mol. The maximum atomic E-state index is 12.8. The minimum Gasteiger partial charge on any atom is -0.462 e. The third-order valence-electron chi connectivity index (χ3n) is 12.7. The number of hydrogen-bond acceptors (Lipinski definition) is 6. The highest BCUT2D eigenvalue weighted by molar-refractivity contribution is 5.71. The number of carbonyl (C=O) groups is 3. The smallest absolute Gasteiger partial charge is 0.306 e. The van der Waals surface area contributed by atoms with Crippen molar-refractivity contribution in [1.82, 2.24) is 0 Å². The van der Waals surface area contributed by atoms with Crippen LogP contribution in [0.2, 0.25) is 0 Å². The highest BCUT2D eigenvalue weighted by Gasteiger charge is 2.19. The van der Waals surface area contributed by atoms with Crippen LogP contribution >= 0.6 is 0 Å². The lowest BCUT2D eigenvalue weighted by atomic mass is 10.0. The van der Waals surface area contributed by atoms with Gasteiger partial charge in [0.05, 0.1) is 0 Å². The summed E-state index contributed by atoms with van der Waals surface area (Å²) in [6.07, 6.45) is 61.7. The van der Waals surface area contributed by atoms with E-state index in [0.29, 0.717) is 19.3 Å². The number of allylic oxidation sites excluding steroid dienone is 4. The molecule has 0 aliphatic carbocycles. The molecule has 0 fully saturated rings. The zero-order chi connectivity index (χ0) is 46.5. The van der Waals surface area contributed by atoms with Gasteiger partial charge in [-0.3, -0.25) is 14.4 Å². The first-order valence-electron chi connectivity index (χ1n) is 28.3. The van der Waals surface area contributed by atoms with Crippen LogP contribution in [0.5, 0.6) is 0 Å². The second-order valence-corrected chi connectivity index (χ2v) is 19.2. The van der Waals surface area contributed by atoms with Crippen LogP contribution in [-0.2, 0) is 28.6 Å². The van der Waals surface area contributed by atoms with E-state index in [1.807, 2.05) is 0 Å². The molecule has 0 radical (unpaired) electrons. The van der Waals surface area contributed by atoms with Crippen molar-refractivity contribution >= 4 is 17.9 Å². The van der Waals surface area contributed by atoms with Gasteiger partial charge in [-0.05, 0) is 70.6 Å².